The maximum Gasteiger partial charge on any atom is 0.269 e. The van der Waals surface area contributed by atoms with Crippen molar-refractivity contribution in [3.63, 3.8) is 0 Å². The zero-order valence-electron chi connectivity index (χ0n) is 16.1. The van der Waals surface area contributed by atoms with Gasteiger partial charge in [-0.2, -0.15) is 4.31 Å². The molecule has 10 heteroatoms. The third-order valence-electron chi connectivity index (χ3n) is 5.24. The fourth-order valence-electron chi connectivity index (χ4n) is 3.69. The number of rotatable bonds is 5. The van der Waals surface area contributed by atoms with Crippen LogP contribution in [0.2, 0.25) is 0 Å². The number of oxime groups is 1. The molecule has 1 amide bonds. The lowest BCUT2D eigenvalue weighted by molar-refractivity contribution is -0.115. The van der Waals surface area contributed by atoms with Gasteiger partial charge < -0.3 is 10.2 Å². The van der Waals surface area contributed by atoms with E-state index in [4.69, 9.17) is 4.84 Å². The lowest BCUT2D eigenvalue weighted by Crippen LogP contribution is -2.50. The Morgan fingerprint density at radius 3 is 2.83 bits per heavy atom. The molecule has 0 bridgehead atoms. The molecule has 30 heavy (non-hydrogen) atoms. The van der Waals surface area contributed by atoms with Gasteiger partial charge in [0, 0.05) is 31.9 Å². The second-order valence-electron chi connectivity index (χ2n) is 7.43. The van der Waals surface area contributed by atoms with Crippen molar-refractivity contribution >= 4 is 21.6 Å². The van der Waals surface area contributed by atoms with Crippen LogP contribution in [0.4, 0.5) is 4.39 Å². The van der Waals surface area contributed by atoms with Crippen molar-refractivity contribution in [1.82, 2.24) is 14.6 Å². The van der Waals surface area contributed by atoms with Crippen LogP contribution < -0.4 is 5.32 Å². The minimum Gasteiger partial charge on any atom is -0.387 e. The smallest absolute Gasteiger partial charge is 0.269 e. The maximum absolute atomic E-state index is 13.5. The molecule has 2 aromatic rings. The van der Waals surface area contributed by atoms with Crippen molar-refractivity contribution in [1.29, 1.82) is 0 Å². The summed E-state index contributed by atoms with van der Waals surface area (Å²) in [5.74, 6) is -0.967. The summed E-state index contributed by atoms with van der Waals surface area (Å²) in [5.41, 5.74) is 0.244. The highest BCUT2D eigenvalue weighted by molar-refractivity contribution is 7.89. The number of carbonyl (C=O) groups is 1. The number of amides is 1. The molecular formula is C20H21FN4O4S. The van der Waals surface area contributed by atoms with E-state index in [1.54, 1.807) is 24.5 Å². The summed E-state index contributed by atoms with van der Waals surface area (Å²) in [6, 6.07) is 8.52. The SMILES string of the molecule is O=C(NCc1ccncc1)C1=NO[C@@]2(CCCN(S(=O)(=O)c3cccc(F)c3)C2)C1. The first kappa shape index (κ1) is 20.4. The van der Waals surface area contributed by atoms with Crippen LogP contribution in [0.1, 0.15) is 24.8 Å². The molecule has 2 aliphatic rings. The molecule has 0 radical (unpaired) electrons. The standard InChI is InChI=1S/C20H21FN4O4S/c21-16-3-1-4-17(11-16)30(27,28)25-10-2-7-20(14-25)12-18(24-29-20)19(26)23-13-15-5-8-22-9-6-15/h1,3-6,8-9,11H,2,7,10,12-14H2,(H,23,26)/t20-/m0/s1. The normalized spacial score (nSPS) is 21.8. The highest BCUT2D eigenvalue weighted by Gasteiger charge is 2.47. The molecule has 1 spiro atoms. The van der Waals surface area contributed by atoms with Gasteiger partial charge in [0.15, 0.2) is 5.60 Å². The van der Waals surface area contributed by atoms with Gasteiger partial charge in [0.2, 0.25) is 10.0 Å². The number of pyridine rings is 1. The van der Waals surface area contributed by atoms with Gasteiger partial charge in [0.1, 0.15) is 11.5 Å². The number of carbonyl (C=O) groups excluding carboxylic acids is 1. The molecule has 8 nitrogen and oxygen atoms in total. The maximum atomic E-state index is 13.5. The summed E-state index contributed by atoms with van der Waals surface area (Å²) in [5, 5.41) is 6.72. The van der Waals surface area contributed by atoms with Crippen LogP contribution >= 0.6 is 0 Å². The van der Waals surface area contributed by atoms with E-state index in [0.29, 0.717) is 25.9 Å². The van der Waals surface area contributed by atoms with Crippen LogP contribution in [0, 0.1) is 5.82 Å². The topological polar surface area (TPSA) is 101 Å². The van der Waals surface area contributed by atoms with Crippen molar-refractivity contribution in [3.05, 3.63) is 60.2 Å². The largest absolute Gasteiger partial charge is 0.387 e. The summed E-state index contributed by atoms with van der Waals surface area (Å²) in [6.45, 7) is 0.678. The lowest BCUT2D eigenvalue weighted by Gasteiger charge is -2.37. The van der Waals surface area contributed by atoms with Crippen molar-refractivity contribution < 1.29 is 22.4 Å². The number of hydrogen-bond acceptors (Lipinski definition) is 6. The Bertz CT molecular complexity index is 1080. The molecule has 0 unspecified atom stereocenters. The Labute approximate surface area is 173 Å². The Hall–Kier alpha value is -2.85. The fraction of sp³-hybridized carbons (Fsp3) is 0.350. The van der Waals surface area contributed by atoms with Crippen LogP contribution in [0.15, 0.2) is 58.8 Å². The summed E-state index contributed by atoms with van der Waals surface area (Å²) in [4.78, 5) is 21.9. The molecule has 1 aromatic carbocycles. The van der Waals surface area contributed by atoms with Gasteiger partial charge in [-0.05, 0) is 48.7 Å². The Balaban J connectivity index is 1.42. The average Bonchev–Trinajstić information content (AvgIpc) is 3.16. The van der Waals surface area contributed by atoms with E-state index in [9.17, 15) is 17.6 Å². The minimum atomic E-state index is -3.88. The van der Waals surface area contributed by atoms with Gasteiger partial charge in [-0.1, -0.05) is 11.2 Å². The summed E-state index contributed by atoms with van der Waals surface area (Å²) in [6.07, 6.45) is 4.62. The van der Waals surface area contributed by atoms with E-state index in [2.05, 4.69) is 15.5 Å². The van der Waals surface area contributed by atoms with Gasteiger partial charge in [-0.25, -0.2) is 12.8 Å². The van der Waals surface area contributed by atoms with Crippen LogP contribution in [0.25, 0.3) is 0 Å². The zero-order chi connectivity index (χ0) is 21.2. The zero-order valence-corrected chi connectivity index (χ0v) is 16.9. The third-order valence-corrected chi connectivity index (χ3v) is 7.08. The minimum absolute atomic E-state index is 0.0521. The van der Waals surface area contributed by atoms with Gasteiger partial charge >= 0.3 is 0 Å². The fourth-order valence-corrected chi connectivity index (χ4v) is 5.27. The summed E-state index contributed by atoms with van der Waals surface area (Å²) >= 11 is 0. The molecule has 0 aliphatic carbocycles. The second-order valence-corrected chi connectivity index (χ2v) is 9.36. The molecule has 0 saturated carbocycles. The molecule has 1 N–H and O–H groups in total. The monoisotopic (exact) mass is 432 g/mol. The quantitative estimate of drug-likeness (QED) is 0.777. The third kappa shape index (κ3) is 4.19. The van der Waals surface area contributed by atoms with Crippen LogP contribution in [-0.4, -0.2) is 48.0 Å². The van der Waals surface area contributed by atoms with Crippen molar-refractivity contribution in [2.75, 3.05) is 13.1 Å². The Morgan fingerprint density at radius 2 is 2.07 bits per heavy atom. The summed E-state index contributed by atoms with van der Waals surface area (Å²) < 4.78 is 40.7. The van der Waals surface area contributed by atoms with E-state index >= 15 is 0 Å². The number of piperidine rings is 1. The lowest BCUT2D eigenvalue weighted by atomic mass is 9.89. The first-order valence-corrected chi connectivity index (χ1v) is 11.0. The van der Waals surface area contributed by atoms with Crippen LogP contribution in [0.3, 0.4) is 0 Å². The van der Waals surface area contributed by atoms with Gasteiger partial charge in [-0.3, -0.25) is 9.78 Å². The molecule has 1 fully saturated rings. The Morgan fingerprint density at radius 1 is 1.27 bits per heavy atom. The number of benzene rings is 1. The average molecular weight is 432 g/mol. The van der Waals surface area contributed by atoms with E-state index in [0.717, 1.165) is 11.6 Å². The second kappa shape index (κ2) is 8.11. The predicted octanol–water partition coefficient (Wildman–Crippen LogP) is 1.84. The number of aromatic nitrogens is 1. The number of nitrogens with one attached hydrogen (secondary N) is 1. The van der Waals surface area contributed by atoms with Crippen LogP contribution in [-0.2, 0) is 26.2 Å². The predicted molar refractivity (Wildman–Crippen MR) is 106 cm³/mol. The van der Waals surface area contributed by atoms with E-state index in [-0.39, 0.29) is 29.5 Å². The number of sulfonamides is 1. The van der Waals surface area contributed by atoms with Gasteiger partial charge in [0.05, 0.1) is 11.4 Å². The van der Waals surface area contributed by atoms with Crippen molar-refractivity contribution in [3.8, 4) is 0 Å². The first-order chi connectivity index (χ1) is 14.4. The molecular weight excluding hydrogens is 411 g/mol. The van der Waals surface area contributed by atoms with Crippen molar-refractivity contribution in [2.24, 2.45) is 5.16 Å². The molecule has 3 heterocycles. The molecule has 1 aromatic heterocycles. The Kier molecular flexibility index (Phi) is 5.52. The highest BCUT2D eigenvalue weighted by atomic mass is 32.2. The van der Waals surface area contributed by atoms with Crippen LogP contribution in [0.5, 0.6) is 0 Å². The molecule has 158 valence electrons. The molecule has 2 aliphatic heterocycles. The molecule has 1 atom stereocenters. The van der Waals surface area contributed by atoms with Gasteiger partial charge in [0.25, 0.3) is 5.91 Å². The van der Waals surface area contributed by atoms with Crippen molar-refractivity contribution in [2.45, 2.75) is 36.3 Å². The number of halogens is 1. The summed E-state index contributed by atoms with van der Waals surface area (Å²) in [7, 11) is -3.88. The number of nitrogens with zero attached hydrogens (tertiary/aromatic N) is 3. The molecule has 4 rings (SSSR count). The highest BCUT2D eigenvalue weighted by Crippen LogP contribution is 2.35. The van der Waals surface area contributed by atoms with E-state index in [1.165, 1.54) is 22.5 Å². The van der Waals surface area contributed by atoms with E-state index < -0.39 is 21.4 Å². The van der Waals surface area contributed by atoms with Gasteiger partial charge in [-0.15, -0.1) is 0 Å². The van der Waals surface area contributed by atoms with E-state index in [1.807, 2.05) is 0 Å². The number of hydrogen-bond donors (Lipinski definition) is 1. The first-order valence-electron chi connectivity index (χ1n) is 9.56. The molecule has 1 saturated heterocycles.